The van der Waals surface area contributed by atoms with Crippen LogP contribution in [-0.2, 0) is 10.8 Å². The van der Waals surface area contributed by atoms with Gasteiger partial charge in [-0.15, -0.1) is 0 Å². The van der Waals surface area contributed by atoms with Crippen LogP contribution in [0.4, 0.5) is 0 Å². The van der Waals surface area contributed by atoms with E-state index in [1.165, 1.54) is 11.1 Å². The van der Waals surface area contributed by atoms with Gasteiger partial charge in [-0.2, -0.15) is 0 Å². The molecular formula is C41H37N3O2. The fourth-order valence-electron chi connectivity index (χ4n) is 6.16. The van der Waals surface area contributed by atoms with E-state index in [4.69, 9.17) is 14.4 Å². The normalized spacial score (nSPS) is 12.2. The summed E-state index contributed by atoms with van der Waals surface area (Å²) in [5, 5.41) is 11.7. The number of pyridine rings is 2. The molecule has 0 fully saturated rings. The second-order valence-corrected chi connectivity index (χ2v) is 14.0. The van der Waals surface area contributed by atoms with E-state index in [1.54, 1.807) is 12.1 Å². The Balaban J connectivity index is 1.51. The van der Waals surface area contributed by atoms with Crippen LogP contribution in [0.15, 0.2) is 114 Å². The molecule has 0 unspecified atom stereocenters. The summed E-state index contributed by atoms with van der Waals surface area (Å²) in [6, 6.07) is 30.7. The van der Waals surface area contributed by atoms with Gasteiger partial charge in [-0.05, 0) is 98.8 Å². The molecule has 228 valence electrons. The maximum atomic E-state index is 10.5. The molecule has 1 N–H and O–H groups in total. The molecule has 7 rings (SSSR count). The smallest absolute Gasteiger partial charge is 0.231 e. The summed E-state index contributed by atoms with van der Waals surface area (Å²) in [6.07, 6.45) is 5.62. The Labute approximate surface area is 269 Å². The number of hydrogen-bond donors (Lipinski definition) is 1. The molecule has 0 aliphatic rings. The number of phenolic OH excluding ortho intramolecular Hbond substituents is 1. The lowest BCUT2D eigenvalue weighted by atomic mass is 9.81. The van der Waals surface area contributed by atoms with Gasteiger partial charge in [0.25, 0.3) is 0 Å². The van der Waals surface area contributed by atoms with Gasteiger partial charge in [0, 0.05) is 35.1 Å². The third kappa shape index (κ3) is 5.32. The van der Waals surface area contributed by atoms with Crippen LogP contribution in [0.3, 0.4) is 0 Å². The fraction of sp³-hybridized carbons (Fsp3) is 0.195. The van der Waals surface area contributed by atoms with Crippen LogP contribution in [0.1, 0.15) is 52.7 Å². The first-order chi connectivity index (χ1) is 22.0. The van der Waals surface area contributed by atoms with E-state index < -0.39 is 0 Å². The van der Waals surface area contributed by atoms with E-state index in [9.17, 15) is 5.11 Å². The predicted octanol–water partition coefficient (Wildman–Crippen LogP) is 10.7. The summed E-state index contributed by atoms with van der Waals surface area (Å²) in [6.45, 7) is 13.5. The predicted molar refractivity (Wildman–Crippen MR) is 188 cm³/mol. The molecule has 0 amide bonds. The van der Waals surface area contributed by atoms with Crippen molar-refractivity contribution in [2.45, 2.75) is 52.4 Å². The van der Waals surface area contributed by atoms with Crippen molar-refractivity contribution in [1.29, 1.82) is 0 Å². The average molecular weight is 604 g/mol. The molecule has 0 spiro atoms. The van der Waals surface area contributed by atoms with Crippen molar-refractivity contribution >= 4 is 22.0 Å². The van der Waals surface area contributed by atoms with Crippen molar-refractivity contribution in [2.75, 3.05) is 0 Å². The Morgan fingerprint density at radius 2 is 1.30 bits per heavy atom. The second kappa shape index (κ2) is 11.0. The molecule has 46 heavy (non-hydrogen) atoms. The Hall–Kier alpha value is -5.29. The molecule has 0 aliphatic heterocycles. The minimum Gasteiger partial charge on any atom is -0.507 e. The lowest BCUT2D eigenvalue weighted by molar-refractivity contribution is 0.474. The van der Waals surface area contributed by atoms with Gasteiger partial charge < -0.3 is 9.52 Å². The molecule has 3 heterocycles. The molecule has 0 saturated carbocycles. The molecule has 0 radical (unpaired) electrons. The zero-order valence-corrected chi connectivity index (χ0v) is 27.1. The molecule has 7 aromatic rings. The van der Waals surface area contributed by atoms with Crippen LogP contribution < -0.4 is 0 Å². The quantitative estimate of drug-likeness (QED) is 0.217. The minimum absolute atomic E-state index is 0.0682. The number of phenols is 1. The molecule has 0 bridgehead atoms. The third-order valence-corrected chi connectivity index (χ3v) is 8.64. The highest BCUT2D eigenvalue weighted by molar-refractivity contribution is 6.01. The van der Waals surface area contributed by atoms with E-state index in [0.717, 1.165) is 49.8 Å². The summed E-state index contributed by atoms with van der Waals surface area (Å²) in [4.78, 5) is 14.2. The van der Waals surface area contributed by atoms with Crippen molar-refractivity contribution < 1.29 is 9.52 Å². The fourth-order valence-corrected chi connectivity index (χ4v) is 6.16. The summed E-state index contributed by atoms with van der Waals surface area (Å²) in [7, 11) is 0. The summed E-state index contributed by atoms with van der Waals surface area (Å²) in [5.41, 5.74) is 11.6. The van der Waals surface area contributed by atoms with Crippen LogP contribution >= 0.6 is 0 Å². The Morgan fingerprint density at radius 3 is 2.02 bits per heavy atom. The maximum Gasteiger partial charge on any atom is 0.231 e. The summed E-state index contributed by atoms with van der Waals surface area (Å²) < 4.78 is 6.19. The van der Waals surface area contributed by atoms with Gasteiger partial charge >= 0.3 is 0 Å². The van der Waals surface area contributed by atoms with E-state index in [1.807, 2.05) is 42.9 Å². The van der Waals surface area contributed by atoms with Gasteiger partial charge in [0.2, 0.25) is 5.89 Å². The van der Waals surface area contributed by atoms with E-state index in [0.29, 0.717) is 17.0 Å². The summed E-state index contributed by atoms with van der Waals surface area (Å²) in [5.74, 6) is 0.526. The second-order valence-electron chi connectivity index (χ2n) is 14.0. The lowest BCUT2D eigenvalue weighted by Gasteiger charge is -2.24. The molecule has 0 saturated heterocycles. The molecule has 0 atom stereocenters. The highest BCUT2D eigenvalue weighted by Crippen LogP contribution is 2.42. The van der Waals surface area contributed by atoms with Gasteiger partial charge in [0.1, 0.15) is 11.3 Å². The van der Waals surface area contributed by atoms with Crippen LogP contribution in [0.5, 0.6) is 5.75 Å². The third-order valence-electron chi connectivity index (χ3n) is 8.64. The number of nitrogens with zero attached hydrogens (tertiary/aromatic N) is 3. The molecule has 3 aromatic heterocycles. The topological polar surface area (TPSA) is 72.0 Å². The number of benzene rings is 4. The number of para-hydroxylation sites is 2. The largest absolute Gasteiger partial charge is 0.507 e. The van der Waals surface area contributed by atoms with Crippen molar-refractivity contribution in [3.05, 3.63) is 121 Å². The minimum atomic E-state index is -0.119. The van der Waals surface area contributed by atoms with E-state index in [-0.39, 0.29) is 16.6 Å². The first-order valence-electron chi connectivity index (χ1n) is 15.7. The van der Waals surface area contributed by atoms with Gasteiger partial charge in [-0.25, -0.2) is 4.98 Å². The average Bonchev–Trinajstić information content (AvgIpc) is 3.48. The van der Waals surface area contributed by atoms with Crippen molar-refractivity contribution in [2.24, 2.45) is 0 Å². The Bertz CT molecular complexity index is 2240. The number of rotatable bonds is 4. The van der Waals surface area contributed by atoms with Gasteiger partial charge in [0.15, 0.2) is 5.58 Å². The van der Waals surface area contributed by atoms with Crippen LogP contribution in [0.2, 0.25) is 0 Å². The van der Waals surface area contributed by atoms with Gasteiger partial charge in [0.05, 0.1) is 11.1 Å². The van der Waals surface area contributed by atoms with Crippen LogP contribution in [-0.4, -0.2) is 20.1 Å². The molecule has 0 aliphatic carbocycles. The van der Waals surface area contributed by atoms with Crippen molar-refractivity contribution in [1.82, 2.24) is 15.0 Å². The van der Waals surface area contributed by atoms with Crippen molar-refractivity contribution in [3.63, 3.8) is 0 Å². The van der Waals surface area contributed by atoms with Gasteiger partial charge in [-0.3, -0.25) is 9.97 Å². The van der Waals surface area contributed by atoms with Crippen LogP contribution in [0, 0.1) is 0 Å². The first-order valence-corrected chi connectivity index (χ1v) is 15.7. The number of fused-ring (bicyclic) bond motifs is 2. The molecule has 5 nitrogen and oxygen atoms in total. The number of aromatic nitrogens is 3. The number of aromatic hydroxyl groups is 1. The standard InChI is InChI=1S/C41H37N3O2/c1-40(2,3)29-21-27(30-11-9-13-36-38(30)44-39(46-36)31-10-7-8-12-35(31)45)20-28(22-29)32-23-26(25-14-17-42-18-15-25)24-33-34(41(4,5)6)16-19-43-37(32)33/h7-24,45H,1-6H3. The number of hydrogen-bond acceptors (Lipinski definition) is 5. The summed E-state index contributed by atoms with van der Waals surface area (Å²) >= 11 is 0. The maximum absolute atomic E-state index is 10.5. The molecule has 5 heteroatoms. The van der Waals surface area contributed by atoms with Crippen LogP contribution in [0.25, 0.3) is 66.8 Å². The van der Waals surface area contributed by atoms with Crippen molar-refractivity contribution in [3.8, 4) is 50.6 Å². The zero-order valence-electron chi connectivity index (χ0n) is 27.1. The number of oxazole rings is 1. The Kier molecular flexibility index (Phi) is 7.01. The Morgan fingerprint density at radius 1 is 0.587 bits per heavy atom. The highest BCUT2D eigenvalue weighted by Gasteiger charge is 2.23. The lowest BCUT2D eigenvalue weighted by Crippen LogP contribution is -2.12. The monoisotopic (exact) mass is 603 g/mol. The first kappa shape index (κ1) is 29.4. The molecule has 4 aromatic carbocycles. The van der Waals surface area contributed by atoms with E-state index >= 15 is 0 Å². The SMILES string of the molecule is CC(C)(C)c1cc(-c2cccc3oc(-c4ccccc4O)nc23)cc(-c2cc(-c3ccncc3)cc3c(C(C)(C)C)ccnc23)c1. The van der Waals surface area contributed by atoms with E-state index in [2.05, 4.69) is 101 Å². The zero-order chi connectivity index (χ0) is 32.2. The van der Waals surface area contributed by atoms with Gasteiger partial charge in [-0.1, -0.05) is 77.9 Å². The molecular weight excluding hydrogens is 566 g/mol. The highest BCUT2D eigenvalue weighted by atomic mass is 16.3.